The standard InChI is InChI=1S/C27H27O7P/c28-25(32-18-21-10-4-1-5-11-21)17-16-24(26(29)33-19-22-12-6-2-7-13-22)27(30,35-31)34-20-23-14-8-3-9-15-23/h1-15,24,30H,16-20H2. The molecule has 1 N–H and O–H groups in total. The van der Waals surface area contributed by atoms with Crippen molar-refractivity contribution < 1.29 is 33.5 Å². The molecule has 8 heteroatoms. The second-order valence-corrected chi connectivity index (χ2v) is 8.68. The van der Waals surface area contributed by atoms with E-state index in [0.29, 0.717) is 5.56 Å². The van der Waals surface area contributed by atoms with Crippen LogP contribution in [0.15, 0.2) is 91.0 Å². The second kappa shape index (κ2) is 13.5. The molecule has 0 aromatic heterocycles. The summed E-state index contributed by atoms with van der Waals surface area (Å²) in [4.78, 5) is 25.3. The van der Waals surface area contributed by atoms with Crippen molar-refractivity contribution in [1.82, 2.24) is 0 Å². The van der Waals surface area contributed by atoms with Gasteiger partial charge in [-0.1, -0.05) is 91.0 Å². The molecule has 0 saturated heterocycles. The van der Waals surface area contributed by atoms with Crippen LogP contribution in [0.25, 0.3) is 0 Å². The molecule has 0 aliphatic carbocycles. The van der Waals surface area contributed by atoms with Gasteiger partial charge in [0.15, 0.2) is 0 Å². The third-order valence-corrected chi connectivity index (χ3v) is 5.97. The van der Waals surface area contributed by atoms with Crippen LogP contribution in [0.4, 0.5) is 0 Å². The van der Waals surface area contributed by atoms with Crippen molar-refractivity contribution in [2.75, 3.05) is 0 Å². The van der Waals surface area contributed by atoms with E-state index in [9.17, 15) is 19.3 Å². The van der Waals surface area contributed by atoms with Gasteiger partial charge in [0.2, 0.25) is 8.46 Å². The van der Waals surface area contributed by atoms with Crippen molar-refractivity contribution in [3.63, 3.8) is 0 Å². The van der Waals surface area contributed by atoms with Crippen LogP contribution in [0.1, 0.15) is 29.5 Å². The van der Waals surface area contributed by atoms with Gasteiger partial charge in [0.25, 0.3) is 5.53 Å². The van der Waals surface area contributed by atoms with Gasteiger partial charge < -0.3 is 19.3 Å². The third kappa shape index (κ3) is 8.41. The summed E-state index contributed by atoms with van der Waals surface area (Å²) in [6.45, 7) is -0.0516. The molecule has 3 aromatic rings. The van der Waals surface area contributed by atoms with Gasteiger partial charge in [0.1, 0.15) is 19.1 Å². The number of hydrogen-bond donors (Lipinski definition) is 1. The lowest BCUT2D eigenvalue weighted by Crippen LogP contribution is -2.41. The fourth-order valence-corrected chi connectivity index (χ4v) is 3.79. The molecule has 0 saturated carbocycles. The Hall–Kier alpha value is -3.38. The molecule has 3 aromatic carbocycles. The number of aliphatic hydroxyl groups is 1. The molecule has 2 atom stereocenters. The van der Waals surface area contributed by atoms with Crippen molar-refractivity contribution in [2.24, 2.45) is 5.92 Å². The Balaban J connectivity index is 1.67. The fraction of sp³-hybridized carbons (Fsp3) is 0.259. The number of esters is 2. The SMILES string of the molecule is O=PC(O)(OCc1ccccc1)C(CCC(=O)OCc1ccccc1)C(=O)OCc1ccccc1. The van der Waals surface area contributed by atoms with Gasteiger partial charge in [0.05, 0.1) is 6.61 Å². The quantitative estimate of drug-likeness (QED) is 0.202. The van der Waals surface area contributed by atoms with Crippen LogP contribution < -0.4 is 0 Å². The Labute approximate surface area is 205 Å². The zero-order valence-corrected chi connectivity index (χ0v) is 20.0. The summed E-state index contributed by atoms with van der Waals surface area (Å²) in [5.41, 5.74) is -0.104. The Kier molecular flexibility index (Phi) is 10.1. The average Bonchev–Trinajstić information content (AvgIpc) is 2.91. The van der Waals surface area contributed by atoms with Gasteiger partial charge in [-0.15, -0.1) is 0 Å². The maximum Gasteiger partial charge on any atom is 0.315 e. The van der Waals surface area contributed by atoms with E-state index in [1.54, 1.807) is 48.5 Å². The zero-order chi connectivity index (χ0) is 24.9. The van der Waals surface area contributed by atoms with Crippen LogP contribution in [0, 0.1) is 5.92 Å². The molecule has 0 heterocycles. The summed E-state index contributed by atoms with van der Waals surface area (Å²) < 4.78 is 28.2. The molecule has 182 valence electrons. The van der Waals surface area contributed by atoms with E-state index in [2.05, 4.69) is 0 Å². The number of carbonyl (C=O) groups excluding carboxylic acids is 2. The molecule has 0 aliphatic heterocycles. The predicted octanol–water partition coefficient (Wildman–Crippen LogP) is 5.02. The van der Waals surface area contributed by atoms with Crippen LogP contribution in [0.3, 0.4) is 0 Å². The minimum atomic E-state index is -2.39. The topological polar surface area (TPSA) is 99.1 Å². The summed E-state index contributed by atoms with van der Waals surface area (Å²) in [5.74, 6) is -2.79. The van der Waals surface area contributed by atoms with E-state index in [0.717, 1.165) is 11.1 Å². The first kappa shape index (κ1) is 26.2. The van der Waals surface area contributed by atoms with E-state index in [-0.39, 0.29) is 32.7 Å². The van der Waals surface area contributed by atoms with Gasteiger partial charge in [-0.05, 0) is 23.1 Å². The Bertz CT molecular complexity index is 1080. The van der Waals surface area contributed by atoms with Crippen LogP contribution >= 0.6 is 8.46 Å². The van der Waals surface area contributed by atoms with Crippen molar-refractivity contribution in [2.45, 2.75) is 38.2 Å². The number of rotatable bonds is 13. The highest BCUT2D eigenvalue weighted by Gasteiger charge is 2.45. The number of benzene rings is 3. The van der Waals surface area contributed by atoms with Gasteiger partial charge in [-0.3, -0.25) is 14.2 Å². The van der Waals surface area contributed by atoms with E-state index >= 15 is 0 Å². The molecule has 0 fully saturated rings. The highest BCUT2D eigenvalue weighted by atomic mass is 31.1. The Morgan fingerprint density at radius 2 is 1.20 bits per heavy atom. The molecule has 0 amide bonds. The van der Waals surface area contributed by atoms with Gasteiger partial charge in [0, 0.05) is 6.42 Å². The monoisotopic (exact) mass is 494 g/mol. The molecule has 3 rings (SSSR count). The summed E-state index contributed by atoms with van der Waals surface area (Å²) in [5, 5.41) is 11.0. The van der Waals surface area contributed by atoms with Crippen LogP contribution in [0.5, 0.6) is 0 Å². The molecule has 0 aliphatic rings. The average molecular weight is 494 g/mol. The van der Waals surface area contributed by atoms with Crippen molar-refractivity contribution in [3.8, 4) is 0 Å². The molecule has 35 heavy (non-hydrogen) atoms. The van der Waals surface area contributed by atoms with Crippen molar-refractivity contribution in [1.29, 1.82) is 0 Å². The molecular weight excluding hydrogens is 467 g/mol. The summed E-state index contributed by atoms with van der Waals surface area (Å²) in [7, 11) is -0.824. The minimum absolute atomic E-state index is 0.0425. The molecular formula is C27H27O7P. The first-order chi connectivity index (χ1) is 17.0. The third-order valence-electron chi connectivity index (χ3n) is 5.27. The van der Waals surface area contributed by atoms with Crippen molar-refractivity contribution >= 4 is 20.4 Å². The summed E-state index contributed by atoms with van der Waals surface area (Å²) in [6, 6.07) is 27.1. The van der Waals surface area contributed by atoms with Gasteiger partial charge in [-0.2, -0.15) is 0 Å². The lowest BCUT2D eigenvalue weighted by Gasteiger charge is -2.28. The lowest BCUT2D eigenvalue weighted by molar-refractivity contribution is -0.199. The van der Waals surface area contributed by atoms with Gasteiger partial charge >= 0.3 is 11.9 Å². The van der Waals surface area contributed by atoms with Crippen LogP contribution in [-0.2, 0) is 48.2 Å². The highest BCUT2D eigenvalue weighted by molar-refractivity contribution is 7.25. The smallest absolute Gasteiger partial charge is 0.315 e. The molecule has 2 unspecified atom stereocenters. The first-order valence-electron chi connectivity index (χ1n) is 11.1. The second-order valence-electron chi connectivity index (χ2n) is 7.86. The highest BCUT2D eigenvalue weighted by Crippen LogP contribution is 2.36. The molecule has 0 radical (unpaired) electrons. The van der Waals surface area contributed by atoms with E-state index in [4.69, 9.17) is 14.2 Å². The fourth-order valence-electron chi connectivity index (χ4n) is 3.32. The maximum atomic E-state index is 13.0. The van der Waals surface area contributed by atoms with E-state index in [1.807, 2.05) is 42.5 Å². The summed E-state index contributed by atoms with van der Waals surface area (Å²) in [6.07, 6.45) is -0.383. The summed E-state index contributed by atoms with van der Waals surface area (Å²) >= 11 is 0. The maximum absolute atomic E-state index is 13.0. The molecule has 0 bridgehead atoms. The normalized spacial score (nSPS) is 13.5. The van der Waals surface area contributed by atoms with Gasteiger partial charge in [-0.25, -0.2) is 0 Å². The van der Waals surface area contributed by atoms with E-state index in [1.165, 1.54) is 0 Å². The van der Waals surface area contributed by atoms with E-state index < -0.39 is 31.8 Å². The van der Waals surface area contributed by atoms with Crippen molar-refractivity contribution in [3.05, 3.63) is 108 Å². The molecule has 0 spiro atoms. The largest absolute Gasteiger partial charge is 0.461 e. The lowest BCUT2D eigenvalue weighted by atomic mass is 10.0. The zero-order valence-electron chi connectivity index (χ0n) is 19.1. The number of carbonyl (C=O) groups is 2. The first-order valence-corrected chi connectivity index (χ1v) is 12.0. The van der Waals surface area contributed by atoms with Crippen LogP contribution in [0.2, 0.25) is 0 Å². The number of ether oxygens (including phenoxy) is 3. The molecule has 7 nitrogen and oxygen atoms in total. The Morgan fingerprint density at radius 3 is 1.69 bits per heavy atom. The minimum Gasteiger partial charge on any atom is -0.461 e. The Morgan fingerprint density at radius 1 is 0.743 bits per heavy atom. The number of hydrogen-bond acceptors (Lipinski definition) is 7. The van der Waals surface area contributed by atoms with Crippen LogP contribution in [-0.4, -0.2) is 22.6 Å². The predicted molar refractivity (Wildman–Crippen MR) is 129 cm³/mol.